The highest BCUT2D eigenvalue weighted by molar-refractivity contribution is 5.92. The topological polar surface area (TPSA) is 59.5 Å². The second-order valence-electron chi connectivity index (χ2n) is 8.43. The minimum Gasteiger partial charge on any atom is -0.486 e. The Hall–Kier alpha value is -2.86. The first kappa shape index (κ1) is 19.1. The molecule has 0 radical (unpaired) electrons. The summed E-state index contributed by atoms with van der Waals surface area (Å²) in [6, 6.07) is 13.6. The number of ether oxygens (including phenoxy) is 2. The van der Waals surface area contributed by atoms with Crippen molar-refractivity contribution in [3.8, 4) is 22.6 Å². The van der Waals surface area contributed by atoms with Crippen LogP contribution in [-0.4, -0.2) is 54.3 Å². The largest absolute Gasteiger partial charge is 0.486 e. The van der Waals surface area contributed by atoms with E-state index >= 15 is 0 Å². The van der Waals surface area contributed by atoms with Crippen molar-refractivity contribution in [1.29, 1.82) is 0 Å². The van der Waals surface area contributed by atoms with Crippen LogP contribution in [0.2, 0.25) is 0 Å². The standard InChI is InChI=1S/C24H28N4O2/c1-28(2)19-7-5-18(6-8-19)27-24-20-13-16(3-9-21(20)25-15-26-24)17-4-10-22-23(14-17)30-12-11-29-22/h3-4,9-10,13-15,18-19H,5-8,11-12H2,1-2H3,(H,25,26,27). The molecule has 0 atom stereocenters. The van der Waals surface area contributed by atoms with E-state index in [1.165, 1.54) is 12.8 Å². The fraction of sp³-hybridized carbons (Fsp3) is 0.417. The monoisotopic (exact) mass is 404 g/mol. The van der Waals surface area contributed by atoms with Gasteiger partial charge in [0.1, 0.15) is 25.4 Å². The first-order valence-corrected chi connectivity index (χ1v) is 10.7. The van der Waals surface area contributed by atoms with Crippen LogP contribution in [0.15, 0.2) is 42.7 Å². The van der Waals surface area contributed by atoms with Gasteiger partial charge < -0.3 is 19.7 Å². The summed E-state index contributed by atoms with van der Waals surface area (Å²) in [6.07, 6.45) is 6.42. The Morgan fingerprint density at radius 3 is 2.40 bits per heavy atom. The number of hydrogen-bond acceptors (Lipinski definition) is 6. The van der Waals surface area contributed by atoms with Crippen LogP contribution in [0.25, 0.3) is 22.0 Å². The van der Waals surface area contributed by atoms with Crippen LogP contribution in [0, 0.1) is 0 Å². The minimum atomic E-state index is 0.456. The Balaban J connectivity index is 1.42. The van der Waals surface area contributed by atoms with Crippen LogP contribution < -0.4 is 14.8 Å². The summed E-state index contributed by atoms with van der Waals surface area (Å²) >= 11 is 0. The highest BCUT2D eigenvalue weighted by Crippen LogP contribution is 2.36. The molecule has 30 heavy (non-hydrogen) atoms. The fourth-order valence-corrected chi connectivity index (χ4v) is 4.50. The molecule has 2 aliphatic rings. The summed E-state index contributed by atoms with van der Waals surface area (Å²) in [6.45, 7) is 1.19. The average Bonchev–Trinajstić information content (AvgIpc) is 2.79. The molecule has 0 unspecified atom stereocenters. The van der Waals surface area contributed by atoms with Gasteiger partial charge in [-0.1, -0.05) is 12.1 Å². The van der Waals surface area contributed by atoms with E-state index in [-0.39, 0.29) is 0 Å². The lowest BCUT2D eigenvalue weighted by molar-refractivity contribution is 0.171. The summed E-state index contributed by atoms with van der Waals surface area (Å²) in [5.74, 6) is 2.54. The number of rotatable bonds is 4. The minimum absolute atomic E-state index is 0.456. The third-order valence-corrected chi connectivity index (χ3v) is 6.28. The average molecular weight is 405 g/mol. The van der Waals surface area contributed by atoms with E-state index in [1.54, 1.807) is 6.33 Å². The molecule has 3 aromatic rings. The zero-order valence-electron chi connectivity index (χ0n) is 17.6. The van der Waals surface area contributed by atoms with Crippen molar-refractivity contribution in [2.24, 2.45) is 0 Å². The summed E-state index contributed by atoms with van der Waals surface area (Å²) in [5, 5.41) is 4.75. The molecule has 1 aromatic heterocycles. The molecule has 156 valence electrons. The first-order chi connectivity index (χ1) is 14.7. The number of benzene rings is 2. The van der Waals surface area contributed by atoms with Crippen molar-refractivity contribution in [3.63, 3.8) is 0 Å². The molecule has 2 aromatic carbocycles. The molecule has 2 heterocycles. The van der Waals surface area contributed by atoms with E-state index in [0.29, 0.717) is 25.3 Å². The summed E-state index contributed by atoms with van der Waals surface area (Å²) < 4.78 is 11.4. The maximum atomic E-state index is 5.76. The van der Waals surface area contributed by atoms with Gasteiger partial charge in [-0.25, -0.2) is 9.97 Å². The van der Waals surface area contributed by atoms with Crippen molar-refractivity contribution in [1.82, 2.24) is 14.9 Å². The number of aromatic nitrogens is 2. The third kappa shape index (κ3) is 3.79. The second-order valence-corrected chi connectivity index (χ2v) is 8.43. The number of anilines is 1. The van der Waals surface area contributed by atoms with E-state index in [4.69, 9.17) is 9.47 Å². The van der Waals surface area contributed by atoms with Crippen LogP contribution in [-0.2, 0) is 0 Å². The van der Waals surface area contributed by atoms with Gasteiger partial charge in [0.15, 0.2) is 11.5 Å². The molecule has 5 rings (SSSR count). The molecular weight excluding hydrogens is 376 g/mol. The van der Waals surface area contributed by atoms with Crippen molar-refractivity contribution < 1.29 is 9.47 Å². The molecule has 0 amide bonds. The van der Waals surface area contributed by atoms with Gasteiger partial charge in [0.25, 0.3) is 0 Å². The van der Waals surface area contributed by atoms with Crippen molar-refractivity contribution in [3.05, 3.63) is 42.7 Å². The van der Waals surface area contributed by atoms with Crippen LogP contribution in [0.3, 0.4) is 0 Å². The lowest BCUT2D eigenvalue weighted by Crippen LogP contribution is -2.36. The molecule has 1 aliphatic carbocycles. The molecule has 1 fully saturated rings. The van der Waals surface area contributed by atoms with Crippen LogP contribution >= 0.6 is 0 Å². The van der Waals surface area contributed by atoms with Gasteiger partial charge in [-0.15, -0.1) is 0 Å². The summed E-state index contributed by atoms with van der Waals surface area (Å²) in [7, 11) is 4.35. The maximum Gasteiger partial charge on any atom is 0.161 e. The quantitative estimate of drug-likeness (QED) is 0.698. The van der Waals surface area contributed by atoms with Crippen molar-refractivity contribution in [2.75, 3.05) is 32.6 Å². The molecule has 1 N–H and O–H groups in total. The second kappa shape index (κ2) is 8.11. The zero-order valence-corrected chi connectivity index (χ0v) is 17.6. The van der Waals surface area contributed by atoms with Crippen LogP contribution in [0.1, 0.15) is 25.7 Å². The Morgan fingerprint density at radius 1 is 0.867 bits per heavy atom. The van der Waals surface area contributed by atoms with Gasteiger partial charge in [0, 0.05) is 17.5 Å². The SMILES string of the molecule is CN(C)C1CCC(Nc2ncnc3ccc(-c4ccc5c(c4)OCCO5)cc23)CC1. The van der Waals surface area contributed by atoms with Gasteiger partial charge >= 0.3 is 0 Å². The third-order valence-electron chi connectivity index (χ3n) is 6.28. The maximum absolute atomic E-state index is 5.76. The van der Waals surface area contributed by atoms with Gasteiger partial charge in [-0.05, 0) is 75.2 Å². The molecule has 0 bridgehead atoms. The van der Waals surface area contributed by atoms with E-state index in [2.05, 4.69) is 64.6 Å². The molecule has 1 aliphatic heterocycles. The molecule has 6 heteroatoms. The molecule has 1 saturated carbocycles. The molecule has 6 nitrogen and oxygen atoms in total. The normalized spacial score (nSPS) is 21.0. The Morgan fingerprint density at radius 2 is 1.60 bits per heavy atom. The summed E-state index contributed by atoms with van der Waals surface area (Å²) in [5.41, 5.74) is 3.17. The van der Waals surface area contributed by atoms with E-state index in [9.17, 15) is 0 Å². The highest BCUT2D eigenvalue weighted by atomic mass is 16.6. The molecular formula is C24H28N4O2. The van der Waals surface area contributed by atoms with Crippen molar-refractivity contribution >= 4 is 16.7 Å². The number of fused-ring (bicyclic) bond motifs is 2. The van der Waals surface area contributed by atoms with Crippen LogP contribution in [0.5, 0.6) is 11.5 Å². The number of nitrogens with zero attached hydrogens (tertiary/aromatic N) is 3. The number of nitrogens with one attached hydrogen (secondary N) is 1. The van der Waals surface area contributed by atoms with E-state index in [1.807, 2.05) is 6.07 Å². The van der Waals surface area contributed by atoms with E-state index in [0.717, 1.165) is 52.2 Å². The van der Waals surface area contributed by atoms with Gasteiger partial charge in [-0.3, -0.25) is 0 Å². The smallest absolute Gasteiger partial charge is 0.161 e. The Kier molecular flexibility index (Phi) is 5.17. The van der Waals surface area contributed by atoms with Crippen LogP contribution in [0.4, 0.5) is 5.82 Å². The van der Waals surface area contributed by atoms with Gasteiger partial charge in [0.05, 0.1) is 5.52 Å². The lowest BCUT2D eigenvalue weighted by Gasteiger charge is -2.33. The Bertz CT molecular complexity index is 1040. The predicted octanol–water partition coefficient (Wildman–Crippen LogP) is 4.35. The lowest BCUT2D eigenvalue weighted by atomic mass is 9.90. The summed E-state index contributed by atoms with van der Waals surface area (Å²) in [4.78, 5) is 11.4. The zero-order chi connectivity index (χ0) is 20.5. The predicted molar refractivity (Wildman–Crippen MR) is 119 cm³/mol. The highest BCUT2D eigenvalue weighted by Gasteiger charge is 2.23. The number of hydrogen-bond donors (Lipinski definition) is 1. The van der Waals surface area contributed by atoms with Gasteiger partial charge in [-0.2, -0.15) is 0 Å². The van der Waals surface area contributed by atoms with Crippen molar-refractivity contribution in [2.45, 2.75) is 37.8 Å². The Labute approximate surface area is 177 Å². The first-order valence-electron chi connectivity index (χ1n) is 10.7. The van der Waals surface area contributed by atoms with Gasteiger partial charge in [0.2, 0.25) is 0 Å². The molecule has 0 saturated heterocycles. The molecule has 0 spiro atoms. The van der Waals surface area contributed by atoms with E-state index < -0.39 is 0 Å². The fourth-order valence-electron chi connectivity index (χ4n) is 4.50.